The van der Waals surface area contributed by atoms with E-state index < -0.39 is 4.92 Å². The first-order valence-corrected chi connectivity index (χ1v) is 5.84. The Kier molecular flexibility index (Phi) is 2.64. The molecule has 1 aliphatic heterocycles. The predicted molar refractivity (Wildman–Crippen MR) is 69.7 cm³/mol. The number of hydrogen-bond donors (Lipinski definition) is 0. The topological polar surface area (TPSA) is 78.7 Å². The van der Waals surface area contributed by atoms with E-state index >= 15 is 0 Å². The average Bonchev–Trinajstić information content (AvgIpc) is 2.43. The number of Topliss-reactive ketones (excluding diaryl/α,β-unsaturated/α-hetero) is 1. The fraction of sp³-hybridized carbons (Fsp3) is 0.0714. The Bertz CT molecular complexity index is 677. The number of nitro groups is 1. The molecule has 0 aromatic heterocycles. The molecule has 2 aromatic carbocycles. The third-order valence-electron chi connectivity index (χ3n) is 2.93. The molecule has 20 heavy (non-hydrogen) atoms. The summed E-state index contributed by atoms with van der Waals surface area (Å²) in [6.45, 7) is 1.45. The Morgan fingerprint density at radius 1 is 1.00 bits per heavy atom. The molecule has 0 spiro atoms. The van der Waals surface area contributed by atoms with Gasteiger partial charge < -0.3 is 9.47 Å². The minimum absolute atomic E-state index is 0.0847. The van der Waals surface area contributed by atoms with Crippen LogP contribution in [-0.4, -0.2) is 10.7 Å². The maximum atomic E-state index is 11.3. The molecule has 0 fully saturated rings. The first-order valence-electron chi connectivity index (χ1n) is 5.84. The molecule has 0 N–H and O–H groups in total. The van der Waals surface area contributed by atoms with Gasteiger partial charge in [-0.3, -0.25) is 14.9 Å². The zero-order valence-electron chi connectivity index (χ0n) is 10.5. The fourth-order valence-corrected chi connectivity index (χ4v) is 1.90. The molecule has 0 amide bonds. The fourth-order valence-electron chi connectivity index (χ4n) is 1.90. The Labute approximate surface area is 113 Å². The van der Waals surface area contributed by atoms with Crippen LogP contribution in [0.2, 0.25) is 0 Å². The number of non-ortho nitro benzene ring substituents is 1. The van der Waals surface area contributed by atoms with Gasteiger partial charge in [0.05, 0.1) is 11.0 Å². The first-order chi connectivity index (χ1) is 9.54. The third kappa shape index (κ3) is 1.97. The lowest BCUT2D eigenvalue weighted by molar-refractivity contribution is -0.384. The molecule has 0 radical (unpaired) electrons. The maximum Gasteiger partial charge on any atom is 0.273 e. The molecule has 1 heterocycles. The second kappa shape index (κ2) is 4.34. The first kappa shape index (κ1) is 12.2. The van der Waals surface area contributed by atoms with Gasteiger partial charge in [-0.15, -0.1) is 0 Å². The molecular weight excluding hydrogens is 262 g/mol. The zero-order chi connectivity index (χ0) is 14.3. The smallest absolute Gasteiger partial charge is 0.273 e. The van der Waals surface area contributed by atoms with Crippen molar-refractivity contribution in [3.8, 4) is 23.0 Å². The number of carbonyl (C=O) groups excluding carboxylic acids is 1. The van der Waals surface area contributed by atoms with E-state index in [9.17, 15) is 14.9 Å². The van der Waals surface area contributed by atoms with Crippen LogP contribution in [0.5, 0.6) is 23.0 Å². The largest absolute Gasteiger partial charge is 0.450 e. The number of fused-ring (bicyclic) bond motifs is 2. The van der Waals surface area contributed by atoms with Gasteiger partial charge in [-0.25, -0.2) is 0 Å². The second-order valence-electron chi connectivity index (χ2n) is 4.31. The Morgan fingerprint density at radius 3 is 2.25 bits per heavy atom. The van der Waals surface area contributed by atoms with Gasteiger partial charge in [0.15, 0.2) is 28.8 Å². The van der Waals surface area contributed by atoms with E-state index in [2.05, 4.69) is 0 Å². The SMILES string of the molecule is CC(=O)c1ccc2c(c1)Oc1cc([N+](=O)[O-])ccc1O2. The van der Waals surface area contributed by atoms with E-state index in [0.717, 1.165) is 0 Å². The third-order valence-corrected chi connectivity index (χ3v) is 2.93. The predicted octanol–water partition coefficient (Wildman–Crippen LogP) is 3.70. The molecule has 0 saturated carbocycles. The molecule has 0 aliphatic carbocycles. The number of ketones is 1. The minimum atomic E-state index is -0.509. The van der Waals surface area contributed by atoms with Crippen molar-refractivity contribution in [2.45, 2.75) is 6.92 Å². The lowest BCUT2D eigenvalue weighted by atomic mass is 10.1. The molecule has 100 valence electrons. The van der Waals surface area contributed by atoms with Gasteiger partial charge >= 0.3 is 0 Å². The number of nitrogens with zero attached hydrogens (tertiary/aromatic N) is 1. The Morgan fingerprint density at radius 2 is 1.60 bits per heavy atom. The van der Waals surface area contributed by atoms with Crippen LogP contribution in [0.4, 0.5) is 5.69 Å². The lowest BCUT2D eigenvalue weighted by Crippen LogP contribution is -2.01. The van der Waals surface area contributed by atoms with Crippen molar-refractivity contribution in [1.82, 2.24) is 0 Å². The highest BCUT2D eigenvalue weighted by Crippen LogP contribution is 2.46. The number of benzene rings is 2. The minimum Gasteiger partial charge on any atom is -0.450 e. The average molecular weight is 271 g/mol. The van der Waals surface area contributed by atoms with Crippen LogP contribution in [0.15, 0.2) is 36.4 Å². The van der Waals surface area contributed by atoms with Crippen LogP contribution in [0, 0.1) is 10.1 Å². The van der Waals surface area contributed by atoms with Crippen LogP contribution in [0.3, 0.4) is 0 Å². The Hall–Kier alpha value is -2.89. The van der Waals surface area contributed by atoms with Crippen LogP contribution < -0.4 is 9.47 Å². The summed E-state index contributed by atoms with van der Waals surface area (Å²) in [6, 6.07) is 8.95. The van der Waals surface area contributed by atoms with Crippen LogP contribution >= 0.6 is 0 Å². The summed E-state index contributed by atoms with van der Waals surface area (Å²) in [6.07, 6.45) is 0. The van der Waals surface area contributed by atoms with Gasteiger partial charge in [-0.1, -0.05) is 0 Å². The van der Waals surface area contributed by atoms with E-state index in [-0.39, 0.29) is 17.2 Å². The van der Waals surface area contributed by atoms with E-state index in [4.69, 9.17) is 9.47 Å². The van der Waals surface area contributed by atoms with Gasteiger partial charge in [0.2, 0.25) is 0 Å². The van der Waals surface area contributed by atoms with Crippen LogP contribution in [0.1, 0.15) is 17.3 Å². The Balaban J connectivity index is 2.03. The second-order valence-corrected chi connectivity index (χ2v) is 4.31. The van der Waals surface area contributed by atoms with Crippen LogP contribution in [0.25, 0.3) is 0 Å². The van der Waals surface area contributed by atoms with Crippen molar-refractivity contribution in [3.05, 3.63) is 52.1 Å². The number of carbonyl (C=O) groups is 1. The molecule has 1 aliphatic rings. The summed E-state index contributed by atoms with van der Waals surface area (Å²) in [5.74, 6) is 1.40. The molecule has 3 rings (SSSR count). The van der Waals surface area contributed by atoms with Crippen molar-refractivity contribution in [2.75, 3.05) is 0 Å². The van der Waals surface area contributed by atoms with Gasteiger partial charge in [0.25, 0.3) is 5.69 Å². The van der Waals surface area contributed by atoms with Gasteiger partial charge in [0.1, 0.15) is 0 Å². The molecule has 0 unspecified atom stereocenters. The summed E-state index contributed by atoms with van der Waals surface area (Å²) in [4.78, 5) is 21.6. The van der Waals surface area contributed by atoms with Gasteiger partial charge in [0, 0.05) is 11.6 Å². The van der Waals surface area contributed by atoms with Crippen molar-refractivity contribution in [1.29, 1.82) is 0 Å². The van der Waals surface area contributed by atoms with Gasteiger partial charge in [-0.05, 0) is 31.2 Å². The molecule has 6 heteroatoms. The van der Waals surface area contributed by atoms with E-state index in [1.54, 1.807) is 18.2 Å². The van der Waals surface area contributed by atoms with E-state index in [0.29, 0.717) is 22.8 Å². The molecular formula is C14H9NO5. The highest BCUT2D eigenvalue weighted by atomic mass is 16.6. The molecule has 0 bridgehead atoms. The molecule has 0 atom stereocenters. The summed E-state index contributed by atoms with van der Waals surface area (Å²) in [5.41, 5.74) is 0.403. The number of nitro benzene ring substituents is 1. The maximum absolute atomic E-state index is 11.3. The molecule has 0 saturated heterocycles. The molecule has 6 nitrogen and oxygen atoms in total. The number of ether oxygens (including phenoxy) is 2. The lowest BCUT2D eigenvalue weighted by Gasteiger charge is -2.20. The highest BCUT2D eigenvalue weighted by molar-refractivity contribution is 5.94. The van der Waals surface area contributed by atoms with Crippen molar-refractivity contribution in [3.63, 3.8) is 0 Å². The highest BCUT2D eigenvalue weighted by Gasteiger charge is 2.22. The monoisotopic (exact) mass is 271 g/mol. The summed E-state index contributed by atoms with van der Waals surface area (Å²) in [5, 5.41) is 10.7. The summed E-state index contributed by atoms with van der Waals surface area (Å²) in [7, 11) is 0. The zero-order valence-corrected chi connectivity index (χ0v) is 10.5. The normalized spacial score (nSPS) is 11.7. The summed E-state index contributed by atoms with van der Waals surface area (Å²) >= 11 is 0. The van der Waals surface area contributed by atoms with Crippen molar-refractivity contribution < 1.29 is 19.2 Å². The van der Waals surface area contributed by atoms with E-state index in [1.807, 2.05) is 0 Å². The van der Waals surface area contributed by atoms with Gasteiger partial charge in [-0.2, -0.15) is 0 Å². The van der Waals surface area contributed by atoms with Crippen molar-refractivity contribution >= 4 is 11.5 Å². The van der Waals surface area contributed by atoms with Crippen molar-refractivity contribution in [2.24, 2.45) is 0 Å². The van der Waals surface area contributed by atoms with Crippen LogP contribution in [-0.2, 0) is 0 Å². The number of rotatable bonds is 2. The molecule has 2 aromatic rings. The van der Waals surface area contributed by atoms with E-state index in [1.165, 1.54) is 25.1 Å². The summed E-state index contributed by atoms with van der Waals surface area (Å²) < 4.78 is 11.2. The quantitative estimate of drug-likeness (QED) is 0.403. The standard InChI is InChI=1S/C14H9NO5/c1-8(16)9-2-4-11-13(6-9)20-14-7-10(15(17)18)3-5-12(14)19-11/h2-7H,1H3. The number of hydrogen-bond acceptors (Lipinski definition) is 5.